The van der Waals surface area contributed by atoms with Crippen molar-refractivity contribution in [3.8, 4) is 0 Å². The van der Waals surface area contributed by atoms with Gasteiger partial charge in [0.1, 0.15) is 23.4 Å². The summed E-state index contributed by atoms with van der Waals surface area (Å²) in [5, 5.41) is 0. The molecule has 0 aromatic heterocycles. The quantitative estimate of drug-likeness (QED) is 0.0538. The molecule has 0 bridgehead atoms. The normalized spacial score (nSPS) is 19.1. The Kier molecular flexibility index (Phi) is 20.9. The van der Waals surface area contributed by atoms with Crippen LogP contribution in [0.3, 0.4) is 0 Å². The molecular formula is C48H78O3. The predicted molar refractivity (Wildman–Crippen MR) is 217 cm³/mol. The van der Waals surface area contributed by atoms with E-state index in [2.05, 4.69) is 74.5 Å². The van der Waals surface area contributed by atoms with Crippen LogP contribution in [-0.2, 0) is 25.4 Å². The molecule has 0 radical (unpaired) electrons. The maximum Gasteiger partial charge on any atom is 0.123 e. The summed E-state index contributed by atoms with van der Waals surface area (Å²) in [6.45, 7) is 6.17. The summed E-state index contributed by atoms with van der Waals surface area (Å²) in [5.41, 5.74) is 1.63. The van der Waals surface area contributed by atoms with Crippen molar-refractivity contribution >= 4 is 0 Å². The van der Waals surface area contributed by atoms with Crippen molar-refractivity contribution in [1.29, 1.82) is 0 Å². The highest BCUT2D eigenvalue weighted by Gasteiger charge is 2.58. The van der Waals surface area contributed by atoms with E-state index in [1.807, 2.05) is 0 Å². The molecule has 2 heterocycles. The van der Waals surface area contributed by atoms with Gasteiger partial charge in [0.2, 0.25) is 0 Å². The molecule has 2 aromatic rings. The van der Waals surface area contributed by atoms with E-state index in [1.165, 1.54) is 178 Å². The van der Waals surface area contributed by atoms with Gasteiger partial charge in [-0.1, -0.05) is 241 Å². The molecule has 0 N–H and O–H groups in total. The average Bonchev–Trinajstić information content (AvgIpc) is 4.10. The molecule has 0 spiro atoms. The van der Waals surface area contributed by atoms with Gasteiger partial charge in [-0.3, -0.25) is 0 Å². The molecule has 4 unspecified atom stereocenters. The minimum absolute atomic E-state index is 0.103. The maximum atomic E-state index is 7.81. The third kappa shape index (κ3) is 15.3. The molecule has 3 heteroatoms. The van der Waals surface area contributed by atoms with Crippen molar-refractivity contribution < 1.29 is 14.2 Å². The number of benzene rings is 2. The van der Waals surface area contributed by atoms with Gasteiger partial charge in [-0.2, -0.15) is 0 Å². The number of ether oxygens (including phenoxy) is 3. The highest BCUT2D eigenvalue weighted by Crippen LogP contribution is 2.52. The van der Waals surface area contributed by atoms with Gasteiger partial charge < -0.3 is 14.2 Å². The second-order valence-electron chi connectivity index (χ2n) is 16.2. The topological polar surface area (TPSA) is 34.3 Å². The number of hydrogen-bond donors (Lipinski definition) is 0. The Labute approximate surface area is 315 Å². The Bertz CT molecular complexity index is 1010. The molecule has 2 aromatic carbocycles. The summed E-state index contributed by atoms with van der Waals surface area (Å²) in [5.74, 6) is 0. The van der Waals surface area contributed by atoms with E-state index in [-0.39, 0.29) is 12.2 Å². The van der Waals surface area contributed by atoms with Crippen LogP contribution in [0.1, 0.15) is 205 Å². The number of epoxide rings is 2. The van der Waals surface area contributed by atoms with E-state index in [1.54, 1.807) is 0 Å². The Morgan fingerprint density at radius 1 is 0.412 bits per heavy atom. The molecule has 3 nitrogen and oxygen atoms in total. The Morgan fingerprint density at radius 3 is 0.922 bits per heavy atom. The summed E-state index contributed by atoms with van der Waals surface area (Å²) in [6, 6.07) is 22.2. The van der Waals surface area contributed by atoms with Crippen LogP contribution in [0.25, 0.3) is 0 Å². The summed E-state index contributed by atoms with van der Waals surface area (Å²) >= 11 is 0. The third-order valence-electron chi connectivity index (χ3n) is 11.9. The lowest BCUT2D eigenvalue weighted by Crippen LogP contribution is -2.48. The van der Waals surface area contributed by atoms with Crippen molar-refractivity contribution in [1.82, 2.24) is 0 Å². The number of unbranched alkanes of at least 4 members (excludes halogenated alkanes) is 24. The largest absolute Gasteiger partial charge is 0.370 e. The predicted octanol–water partition coefficient (Wildman–Crippen LogP) is 14.6. The van der Waals surface area contributed by atoms with E-state index in [0.29, 0.717) is 0 Å². The first-order chi connectivity index (χ1) is 25.2. The first-order valence-corrected chi connectivity index (χ1v) is 22.3. The first kappa shape index (κ1) is 42.1. The molecular weight excluding hydrogens is 625 g/mol. The lowest BCUT2D eigenvalue weighted by molar-refractivity contribution is -0.197. The Balaban J connectivity index is 1.31. The number of rotatable bonds is 34. The van der Waals surface area contributed by atoms with Crippen LogP contribution >= 0.6 is 0 Å². The second-order valence-corrected chi connectivity index (χ2v) is 16.2. The van der Waals surface area contributed by atoms with Crippen molar-refractivity contribution in [3.05, 3.63) is 71.8 Å². The highest BCUT2D eigenvalue weighted by atomic mass is 16.6. The van der Waals surface area contributed by atoms with Gasteiger partial charge in [-0.15, -0.1) is 0 Å². The molecule has 288 valence electrons. The van der Waals surface area contributed by atoms with E-state index < -0.39 is 11.2 Å². The summed E-state index contributed by atoms with van der Waals surface area (Å²) < 4.78 is 20.3. The smallest absolute Gasteiger partial charge is 0.123 e. The molecule has 0 saturated carbocycles. The SMILES string of the molecule is CCCCCCCCCCCCCCCC(OC(CCCCCCCCCCCCCCC)(c1ccccc1)C1CO1)(c1ccccc1)C1CO1. The van der Waals surface area contributed by atoms with E-state index in [0.717, 1.165) is 26.1 Å². The van der Waals surface area contributed by atoms with Crippen molar-refractivity contribution in [3.63, 3.8) is 0 Å². The Morgan fingerprint density at radius 2 is 0.667 bits per heavy atom. The van der Waals surface area contributed by atoms with Crippen LogP contribution < -0.4 is 0 Å². The fourth-order valence-corrected chi connectivity index (χ4v) is 8.54. The highest BCUT2D eigenvalue weighted by molar-refractivity contribution is 5.31. The second kappa shape index (κ2) is 25.4. The van der Waals surface area contributed by atoms with Crippen LogP contribution in [0.2, 0.25) is 0 Å². The lowest BCUT2D eigenvalue weighted by atomic mass is 9.80. The molecule has 51 heavy (non-hydrogen) atoms. The van der Waals surface area contributed by atoms with Crippen molar-refractivity contribution in [2.75, 3.05) is 13.2 Å². The van der Waals surface area contributed by atoms with Gasteiger partial charge >= 0.3 is 0 Å². The van der Waals surface area contributed by atoms with Gasteiger partial charge in [0.25, 0.3) is 0 Å². The first-order valence-electron chi connectivity index (χ1n) is 22.3. The van der Waals surface area contributed by atoms with Crippen molar-refractivity contribution in [2.24, 2.45) is 0 Å². The van der Waals surface area contributed by atoms with Crippen LogP contribution in [0.15, 0.2) is 60.7 Å². The zero-order chi connectivity index (χ0) is 35.7. The standard InChI is InChI=1S/C48H78O3/c1-3-5-7-9-11-13-15-17-19-21-23-25-33-39-47(45-41-49-45,43-35-29-27-30-36-43)51-48(46-42-50-46,44-37-31-28-32-38-44)40-34-26-24-22-20-18-16-14-12-10-8-6-4-2/h27-32,35-38,45-46H,3-26,33-34,39-42H2,1-2H3. The monoisotopic (exact) mass is 703 g/mol. The van der Waals surface area contributed by atoms with Crippen LogP contribution in [-0.4, -0.2) is 25.4 Å². The average molecular weight is 703 g/mol. The fourth-order valence-electron chi connectivity index (χ4n) is 8.54. The Hall–Kier alpha value is -1.68. The molecule has 0 amide bonds. The summed E-state index contributed by atoms with van der Waals surface area (Å²) in [7, 11) is 0. The van der Waals surface area contributed by atoms with Crippen LogP contribution in [0.5, 0.6) is 0 Å². The summed E-state index contributed by atoms with van der Waals surface area (Å²) in [4.78, 5) is 0. The molecule has 2 saturated heterocycles. The van der Waals surface area contributed by atoms with Gasteiger partial charge in [0, 0.05) is 0 Å². The van der Waals surface area contributed by atoms with Gasteiger partial charge in [0.05, 0.1) is 13.2 Å². The minimum Gasteiger partial charge on any atom is -0.370 e. The zero-order valence-electron chi connectivity index (χ0n) is 33.4. The van der Waals surface area contributed by atoms with Crippen LogP contribution in [0.4, 0.5) is 0 Å². The summed E-state index contributed by atoms with van der Waals surface area (Å²) in [6.07, 6.45) is 37.8. The molecule has 0 aliphatic carbocycles. The molecule has 2 fully saturated rings. The fraction of sp³-hybridized carbons (Fsp3) is 0.750. The van der Waals surface area contributed by atoms with Gasteiger partial charge in [-0.05, 0) is 24.0 Å². The van der Waals surface area contributed by atoms with Crippen molar-refractivity contribution in [2.45, 2.75) is 217 Å². The molecule has 4 rings (SSSR count). The minimum atomic E-state index is -0.461. The molecule has 4 atom stereocenters. The van der Waals surface area contributed by atoms with E-state index in [4.69, 9.17) is 14.2 Å². The van der Waals surface area contributed by atoms with E-state index in [9.17, 15) is 0 Å². The maximum absolute atomic E-state index is 7.81. The number of hydrogen-bond acceptors (Lipinski definition) is 3. The van der Waals surface area contributed by atoms with Gasteiger partial charge in [0.15, 0.2) is 0 Å². The molecule has 2 aliphatic rings. The zero-order valence-corrected chi connectivity index (χ0v) is 33.4. The third-order valence-corrected chi connectivity index (χ3v) is 11.9. The van der Waals surface area contributed by atoms with E-state index >= 15 is 0 Å². The lowest BCUT2D eigenvalue weighted by Gasteiger charge is -2.44. The van der Waals surface area contributed by atoms with Gasteiger partial charge in [-0.25, -0.2) is 0 Å². The molecule has 2 aliphatic heterocycles. The van der Waals surface area contributed by atoms with Crippen LogP contribution in [0, 0.1) is 0 Å².